The van der Waals surface area contributed by atoms with E-state index in [4.69, 9.17) is 8.85 Å². The van der Waals surface area contributed by atoms with Crippen molar-refractivity contribution in [1.29, 1.82) is 0 Å². The second-order valence-electron chi connectivity index (χ2n) is 5.78. The average molecular weight is 310 g/mol. The van der Waals surface area contributed by atoms with Gasteiger partial charge in [-0.2, -0.15) is 0 Å². The quantitative estimate of drug-likeness (QED) is 0.638. The lowest BCUT2D eigenvalue weighted by molar-refractivity contribution is 0.0218. The molecule has 2 atom stereocenters. The van der Waals surface area contributed by atoms with Crippen molar-refractivity contribution >= 4 is 18.9 Å². The molecule has 0 bridgehead atoms. The maximum Gasteiger partial charge on any atom is 0.407 e. The summed E-state index contributed by atoms with van der Waals surface area (Å²) in [6.07, 6.45) is 4.08. The van der Waals surface area contributed by atoms with Crippen LogP contribution in [0, 0.1) is 0 Å². The summed E-state index contributed by atoms with van der Waals surface area (Å²) in [5.41, 5.74) is 0. The van der Waals surface area contributed by atoms with E-state index in [0.29, 0.717) is 0 Å². The summed E-state index contributed by atoms with van der Waals surface area (Å²) in [6, 6.07) is 20.8. The van der Waals surface area contributed by atoms with Gasteiger partial charge in [-0.15, -0.1) is 6.58 Å². The summed E-state index contributed by atoms with van der Waals surface area (Å²) in [6.45, 7) is 6.01. The first-order chi connectivity index (χ1) is 10.7. The van der Waals surface area contributed by atoms with Crippen LogP contribution < -0.4 is 10.4 Å². The average Bonchev–Trinajstić information content (AvgIpc) is 2.56. The molecule has 0 N–H and O–H groups in total. The van der Waals surface area contributed by atoms with Gasteiger partial charge in [0.1, 0.15) is 0 Å². The predicted molar refractivity (Wildman–Crippen MR) is 92.8 cm³/mol. The van der Waals surface area contributed by atoms with Crippen molar-refractivity contribution in [2.75, 3.05) is 0 Å². The molecule has 0 spiro atoms. The Hall–Kier alpha value is -1.68. The van der Waals surface area contributed by atoms with Gasteiger partial charge in [-0.3, -0.25) is 0 Å². The Balaban J connectivity index is 2.09. The normalized spacial score (nSPS) is 23.9. The van der Waals surface area contributed by atoms with Gasteiger partial charge in [0.15, 0.2) is 0 Å². The highest BCUT2D eigenvalue weighted by molar-refractivity contribution is 6.92. The fourth-order valence-electron chi connectivity index (χ4n) is 3.10. The number of hydrogen-bond donors (Lipinski definition) is 0. The molecule has 0 aliphatic carbocycles. The maximum atomic E-state index is 6.60. The van der Waals surface area contributed by atoms with Gasteiger partial charge in [-0.25, -0.2) is 0 Å². The Morgan fingerprint density at radius 1 is 1.00 bits per heavy atom. The molecule has 1 aliphatic heterocycles. The fourth-order valence-corrected chi connectivity index (χ4v) is 6.62. The number of benzene rings is 2. The van der Waals surface area contributed by atoms with Gasteiger partial charge in [0.05, 0.1) is 6.10 Å². The minimum Gasteiger partial charge on any atom is -0.385 e. The van der Waals surface area contributed by atoms with Crippen molar-refractivity contribution in [2.45, 2.75) is 32.0 Å². The largest absolute Gasteiger partial charge is 0.407 e. The molecule has 0 saturated carbocycles. The summed E-state index contributed by atoms with van der Waals surface area (Å²) in [5.74, 6) is 0. The molecule has 2 nitrogen and oxygen atoms in total. The van der Waals surface area contributed by atoms with Crippen molar-refractivity contribution in [1.82, 2.24) is 0 Å². The van der Waals surface area contributed by atoms with Crippen LogP contribution in [0.4, 0.5) is 0 Å². The second kappa shape index (κ2) is 6.61. The number of rotatable bonds is 4. The molecule has 3 heteroatoms. The molecule has 1 aliphatic rings. The Morgan fingerprint density at radius 2 is 1.55 bits per heavy atom. The molecule has 114 valence electrons. The highest BCUT2D eigenvalue weighted by Gasteiger charge is 2.48. The maximum absolute atomic E-state index is 6.60. The third-order valence-electron chi connectivity index (χ3n) is 4.03. The Kier molecular flexibility index (Phi) is 4.57. The van der Waals surface area contributed by atoms with Crippen LogP contribution >= 0.6 is 0 Å². The van der Waals surface area contributed by atoms with Crippen LogP contribution in [-0.2, 0) is 8.85 Å². The molecule has 1 saturated heterocycles. The van der Waals surface area contributed by atoms with E-state index >= 15 is 0 Å². The summed E-state index contributed by atoms with van der Waals surface area (Å²) >= 11 is 0. The zero-order valence-corrected chi connectivity index (χ0v) is 13.9. The third kappa shape index (κ3) is 2.93. The predicted octanol–water partition coefficient (Wildman–Crippen LogP) is 3.01. The lowest BCUT2D eigenvalue weighted by Gasteiger charge is -2.42. The lowest BCUT2D eigenvalue weighted by atomic mass is 10.1. The Labute approximate surface area is 133 Å². The Morgan fingerprint density at radius 3 is 2.05 bits per heavy atom. The second-order valence-corrected chi connectivity index (χ2v) is 8.64. The van der Waals surface area contributed by atoms with Gasteiger partial charge in [-0.1, -0.05) is 66.7 Å². The standard InChI is InChI=1S/C19H22O2Si/c1-3-10-17-15-16(2)20-22(21-17,18-11-6-4-7-12-18)19-13-8-5-9-14-19/h3-9,11-14,16-17H,1,10,15H2,2H3/t16-,17+/m0/s1. The van der Waals surface area contributed by atoms with E-state index < -0.39 is 8.56 Å². The van der Waals surface area contributed by atoms with Crippen molar-refractivity contribution in [3.8, 4) is 0 Å². The van der Waals surface area contributed by atoms with Crippen LogP contribution in [0.25, 0.3) is 0 Å². The summed E-state index contributed by atoms with van der Waals surface area (Å²) in [4.78, 5) is 0. The first-order valence-electron chi connectivity index (χ1n) is 7.82. The molecule has 0 aromatic heterocycles. The smallest absolute Gasteiger partial charge is 0.385 e. The van der Waals surface area contributed by atoms with Crippen molar-refractivity contribution in [2.24, 2.45) is 0 Å². The van der Waals surface area contributed by atoms with Gasteiger partial charge in [-0.05, 0) is 30.1 Å². The van der Waals surface area contributed by atoms with Crippen LogP contribution in [0.3, 0.4) is 0 Å². The van der Waals surface area contributed by atoms with Crippen molar-refractivity contribution in [3.63, 3.8) is 0 Å². The summed E-state index contributed by atoms with van der Waals surface area (Å²) in [7, 11) is -2.65. The third-order valence-corrected chi connectivity index (χ3v) is 7.62. The van der Waals surface area contributed by atoms with E-state index in [1.807, 2.05) is 18.2 Å². The van der Waals surface area contributed by atoms with E-state index in [1.165, 1.54) is 10.4 Å². The highest BCUT2D eigenvalue weighted by Crippen LogP contribution is 2.26. The molecule has 1 heterocycles. The SMILES string of the molecule is C=CC[C@@H]1C[C@H](C)O[Si](c2ccccc2)(c2ccccc2)O1. The lowest BCUT2D eigenvalue weighted by Crippen LogP contribution is -2.68. The molecule has 0 radical (unpaired) electrons. The summed E-state index contributed by atoms with van der Waals surface area (Å²) in [5, 5.41) is 2.34. The fraction of sp³-hybridized carbons (Fsp3) is 0.263. The molecule has 3 rings (SSSR count). The molecule has 22 heavy (non-hydrogen) atoms. The van der Waals surface area contributed by atoms with Gasteiger partial charge in [0.25, 0.3) is 0 Å². The van der Waals surface area contributed by atoms with Crippen LogP contribution in [0.2, 0.25) is 0 Å². The van der Waals surface area contributed by atoms with Crippen LogP contribution in [0.1, 0.15) is 19.8 Å². The van der Waals surface area contributed by atoms with E-state index in [1.54, 1.807) is 0 Å². The summed E-state index contributed by atoms with van der Waals surface area (Å²) < 4.78 is 13.1. The molecule has 2 aromatic rings. The minimum atomic E-state index is -2.65. The van der Waals surface area contributed by atoms with E-state index in [9.17, 15) is 0 Å². The van der Waals surface area contributed by atoms with E-state index in [-0.39, 0.29) is 12.2 Å². The van der Waals surface area contributed by atoms with Crippen LogP contribution in [-0.4, -0.2) is 20.8 Å². The van der Waals surface area contributed by atoms with Crippen molar-refractivity contribution in [3.05, 3.63) is 73.3 Å². The first kappa shape index (κ1) is 15.2. The number of hydrogen-bond acceptors (Lipinski definition) is 2. The van der Waals surface area contributed by atoms with Crippen molar-refractivity contribution < 1.29 is 8.85 Å². The van der Waals surface area contributed by atoms with E-state index in [0.717, 1.165) is 12.8 Å². The monoisotopic (exact) mass is 310 g/mol. The molecular formula is C19H22O2Si. The van der Waals surface area contributed by atoms with E-state index in [2.05, 4.69) is 62.0 Å². The highest BCUT2D eigenvalue weighted by atomic mass is 28.4. The van der Waals surface area contributed by atoms with Crippen LogP contribution in [0.15, 0.2) is 73.3 Å². The molecule has 2 aromatic carbocycles. The van der Waals surface area contributed by atoms with Gasteiger partial charge in [0, 0.05) is 6.10 Å². The van der Waals surface area contributed by atoms with Gasteiger partial charge in [0.2, 0.25) is 0 Å². The Bertz CT molecular complexity index is 572. The van der Waals surface area contributed by atoms with Gasteiger partial charge < -0.3 is 8.85 Å². The minimum absolute atomic E-state index is 0.174. The van der Waals surface area contributed by atoms with Gasteiger partial charge >= 0.3 is 8.56 Å². The molecular weight excluding hydrogens is 288 g/mol. The zero-order chi connectivity index (χ0) is 15.4. The van der Waals surface area contributed by atoms with Crippen LogP contribution in [0.5, 0.6) is 0 Å². The zero-order valence-electron chi connectivity index (χ0n) is 12.9. The molecule has 0 unspecified atom stereocenters. The first-order valence-corrected chi connectivity index (χ1v) is 9.64. The molecule has 1 fully saturated rings. The molecule has 0 amide bonds. The topological polar surface area (TPSA) is 18.5 Å².